The van der Waals surface area contributed by atoms with Crippen LogP contribution in [0.5, 0.6) is 0 Å². The van der Waals surface area contributed by atoms with Crippen LogP contribution in [-0.2, 0) is 6.42 Å². The van der Waals surface area contributed by atoms with Gasteiger partial charge in [0.25, 0.3) is 0 Å². The molecule has 2 rings (SSSR count). The molecule has 0 radical (unpaired) electrons. The van der Waals surface area contributed by atoms with Gasteiger partial charge in [0.2, 0.25) is 0 Å². The maximum atomic E-state index is 2.21. The summed E-state index contributed by atoms with van der Waals surface area (Å²) in [5, 5.41) is 0. The summed E-state index contributed by atoms with van der Waals surface area (Å²) in [6.07, 6.45) is 2.42. The SMILES string of the molecule is Cc1ccc(SCCCc2ccccc2)cc1. The van der Waals surface area contributed by atoms with E-state index in [-0.39, 0.29) is 0 Å². The molecule has 1 heteroatoms. The van der Waals surface area contributed by atoms with E-state index < -0.39 is 0 Å². The van der Waals surface area contributed by atoms with Gasteiger partial charge in [0.05, 0.1) is 0 Å². The van der Waals surface area contributed by atoms with Crippen molar-refractivity contribution in [2.24, 2.45) is 0 Å². The molecule has 0 atom stereocenters. The van der Waals surface area contributed by atoms with Crippen LogP contribution in [0.1, 0.15) is 17.5 Å². The first kappa shape index (κ1) is 12.3. The van der Waals surface area contributed by atoms with E-state index in [0.717, 1.165) is 0 Å². The summed E-state index contributed by atoms with van der Waals surface area (Å²) >= 11 is 1.95. The predicted octanol–water partition coefficient (Wildman–Crippen LogP) is 4.72. The highest BCUT2D eigenvalue weighted by atomic mass is 32.2. The van der Waals surface area contributed by atoms with E-state index in [1.54, 1.807) is 0 Å². The van der Waals surface area contributed by atoms with E-state index in [4.69, 9.17) is 0 Å². The zero-order valence-corrected chi connectivity index (χ0v) is 11.0. The van der Waals surface area contributed by atoms with Gasteiger partial charge < -0.3 is 0 Å². The van der Waals surface area contributed by atoms with Gasteiger partial charge in [-0.3, -0.25) is 0 Å². The summed E-state index contributed by atoms with van der Waals surface area (Å²) in [5.74, 6) is 1.19. The van der Waals surface area contributed by atoms with Gasteiger partial charge in [-0.25, -0.2) is 0 Å². The minimum absolute atomic E-state index is 1.18. The molecule has 88 valence electrons. The molecule has 0 saturated heterocycles. The van der Waals surface area contributed by atoms with Gasteiger partial charge in [-0.05, 0) is 43.2 Å². The number of rotatable bonds is 5. The van der Waals surface area contributed by atoms with Crippen molar-refractivity contribution in [3.05, 3.63) is 65.7 Å². The second kappa shape index (κ2) is 6.51. The fourth-order valence-electron chi connectivity index (χ4n) is 1.75. The quantitative estimate of drug-likeness (QED) is 0.540. The minimum Gasteiger partial charge on any atom is -0.126 e. The molecule has 2 aromatic carbocycles. The number of aryl methyl sites for hydroxylation is 2. The molecule has 0 N–H and O–H groups in total. The Kier molecular flexibility index (Phi) is 4.69. The van der Waals surface area contributed by atoms with Crippen molar-refractivity contribution in [1.82, 2.24) is 0 Å². The number of benzene rings is 2. The van der Waals surface area contributed by atoms with Crippen molar-refractivity contribution in [3.63, 3.8) is 0 Å². The molecule has 0 unspecified atom stereocenters. The lowest BCUT2D eigenvalue weighted by Crippen LogP contribution is -1.87. The Hall–Kier alpha value is -1.21. The van der Waals surface area contributed by atoms with Crippen molar-refractivity contribution in [1.29, 1.82) is 0 Å². The Morgan fingerprint density at radius 2 is 1.59 bits per heavy atom. The van der Waals surface area contributed by atoms with Gasteiger partial charge in [0.1, 0.15) is 0 Å². The summed E-state index contributed by atoms with van der Waals surface area (Å²) in [7, 11) is 0. The van der Waals surface area contributed by atoms with Crippen LogP contribution in [0.25, 0.3) is 0 Å². The first-order chi connectivity index (χ1) is 8.34. The van der Waals surface area contributed by atoms with Gasteiger partial charge in [-0.1, -0.05) is 48.0 Å². The molecule has 0 fully saturated rings. The van der Waals surface area contributed by atoms with Crippen LogP contribution >= 0.6 is 11.8 Å². The molecular formula is C16H18S. The molecule has 0 saturated carbocycles. The molecule has 0 nitrogen and oxygen atoms in total. The Labute approximate surface area is 108 Å². The summed E-state index contributed by atoms with van der Waals surface area (Å²) in [5.41, 5.74) is 2.77. The first-order valence-electron chi connectivity index (χ1n) is 6.08. The highest BCUT2D eigenvalue weighted by Crippen LogP contribution is 2.19. The molecule has 0 aliphatic carbocycles. The average Bonchev–Trinajstić information content (AvgIpc) is 2.38. The largest absolute Gasteiger partial charge is 0.126 e. The van der Waals surface area contributed by atoms with Crippen LogP contribution < -0.4 is 0 Å². The van der Waals surface area contributed by atoms with Gasteiger partial charge in [-0.2, -0.15) is 0 Å². The molecule has 0 aromatic heterocycles. The number of thioether (sulfide) groups is 1. The molecule has 2 aromatic rings. The smallest absolute Gasteiger partial charge is 0.00721 e. The third-order valence-electron chi connectivity index (χ3n) is 2.74. The van der Waals surface area contributed by atoms with Crippen LogP contribution in [0.15, 0.2) is 59.5 Å². The zero-order valence-electron chi connectivity index (χ0n) is 10.2. The Balaban J connectivity index is 1.71. The van der Waals surface area contributed by atoms with Gasteiger partial charge in [0.15, 0.2) is 0 Å². The van der Waals surface area contributed by atoms with Crippen molar-refractivity contribution < 1.29 is 0 Å². The topological polar surface area (TPSA) is 0 Å². The van der Waals surface area contributed by atoms with Crippen LogP contribution in [0, 0.1) is 6.92 Å². The summed E-state index contributed by atoms with van der Waals surface area (Å²) in [6, 6.07) is 19.5. The molecule has 0 spiro atoms. The highest BCUT2D eigenvalue weighted by Gasteiger charge is 1.95. The lowest BCUT2D eigenvalue weighted by atomic mass is 10.1. The average molecular weight is 242 g/mol. The van der Waals surface area contributed by atoms with E-state index in [9.17, 15) is 0 Å². The second-order valence-corrected chi connectivity index (χ2v) is 5.42. The standard InChI is InChI=1S/C16H18S/c1-14-9-11-16(12-10-14)17-13-5-8-15-6-3-2-4-7-15/h2-4,6-7,9-12H,5,8,13H2,1H3. The molecule has 0 amide bonds. The van der Waals surface area contributed by atoms with E-state index in [0.29, 0.717) is 0 Å². The van der Waals surface area contributed by atoms with E-state index in [1.165, 1.54) is 34.6 Å². The van der Waals surface area contributed by atoms with Crippen molar-refractivity contribution in [3.8, 4) is 0 Å². The maximum absolute atomic E-state index is 2.21. The van der Waals surface area contributed by atoms with Gasteiger partial charge in [0, 0.05) is 4.90 Å². The van der Waals surface area contributed by atoms with Crippen molar-refractivity contribution in [2.75, 3.05) is 5.75 Å². The minimum atomic E-state index is 1.18. The lowest BCUT2D eigenvalue weighted by Gasteiger charge is -2.02. The van der Waals surface area contributed by atoms with E-state index >= 15 is 0 Å². The highest BCUT2D eigenvalue weighted by molar-refractivity contribution is 7.99. The zero-order chi connectivity index (χ0) is 11.9. The van der Waals surface area contributed by atoms with Crippen molar-refractivity contribution >= 4 is 11.8 Å². The monoisotopic (exact) mass is 242 g/mol. The summed E-state index contributed by atoms with van der Waals surface area (Å²) in [6.45, 7) is 2.13. The number of hydrogen-bond acceptors (Lipinski definition) is 1. The normalized spacial score (nSPS) is 10.4. The molecule has 0 aliphatic heterocycles. The van der Waals surface area contributed by atoms with E-state index in [2.05, 4.69) is 61.5 Å². The molecule has 0 heterocycles. The van der Waals surface area contributed by atoms with Gasteiger partial charge in [-0.15, -0.1) is 11.8 Å². The van der Waals surface area contributed by atoms with Crippen LogP contribution in [0.4, 0.5) is 0 Å². The number of hydrogen-bond donors (Lipinski definition) is 0. The summed E-state index contributed by atoms with van der Waals surface area (Å²) in [4.78, 5) is 1.38. The second-order valence-electron chi connectivity index (χ2n) is 4.25. The fourth-order valence-corrected chi connectivity index (χ4v) is 2.60. The molecule has 0 bridgehead atoms. The van der Waals surface area contributed by atoms with Crippen LogP contribution in [-0.4, -0.2) is 5.75 Å². The maximum Gasteiger partial charge on any atom is 0.00721 e. The molecule has 17 heavy (non-hydrogen) atoms. The third-order valence-corrected chi connectivity index (χ3v) is 3.84. The van der Waals surface area contributed by atoms with Crippen molar-refractivity contribution in [2.45, 2.75) is 24.7 Å². The molecular weight excluding hydrogens is 224 g/mol. The van der Waals surface area contributed by atoms with Crippen LogP contribution in [0.3, 0.4) is 0 Å². The Bertz CT molecular complexity index is 431. The lowest BCUT2D eigenvalue weighted by molar-refractivity contribution is 0.933. The van der Waals surface area contributed by atoms with Gasteiger partial charge >= 0.3 is 0 Å². The Morgan fingerprint density at radius 1 is 0.882 bits per heavy atom. The predicted molar refractivity (Wildman–Crippen MR) is 76.7 cm³/mol. The fraction of sp³-hybridized carbons (Fsp3) is 0.250. The molecule has 0 aliphatic rings. The third kappa shape index (κ3) is 4.27. The summed E-state index contributed by atoms with van der Waals surface area (Å²) < 4.78 is 0. The first-order valence-corrected chi connectivity index (χ1v) is 7.06. The van der Waals surface area contributed by atoms with Crippen LogP contribution in [0.2, 0.25) is 0 Å². The Morgan fingerprint density at radius 3 is 2.29 bits per heavy atom. The van der Waals surface area contributed by atoms with E-state index in [1.807, 2.05) is 11.8 Å².